The molecule has 4 aliphatic carbocycles. The molecule has 0 aliphatic heterocycles. The van der Waals surface area contributed by atoms with Gasteiger partial charge in [0.25, 0.3) is 0 Å². The summed E-state index contributed by atoms with van der Waals surface area (Å²) in [6.45, 7) is 2.00. The van der Waals surface area contributed by atoms with Crippen molar-refractivity contribution in [3.05, 3.63) is 0 Å². The Morgan fingerprint density at radius 3 is 2.79 bits per heavy atom. The molecular formula is C12H16O2. The normalized spacial score (nSPS) is 55.1. The van der Waals surface area contributed by atoms with Crippen LogP contribution in [0.4, 0.5) is 0 Å². The van der Waals surface area contributed by atoms with Crippen molar-refractivity contribution in [3.63, 3.8) is 0 Å². The highest BCUT2D eigenvalue weighted by Gasteiger charge is 2.58. The Morgan fingerprint density at radius 2 is 2.07 bits per heavy atom. The highest BCUT2D eigenvalue weighted by Crippen LogP contribution is 2.59. The third-order valence-electron chi connectivity index (χ3n) is 5.00. The number of carbonyl (C=O) groups is 2. The van der Waals surface area contributed by atoms with Crippen LogP contribution in [0.1, 0.15) is 32.6 Å². The highest BCUT2D eigenvalue weighted by molar-refractivity contribution is 5.89. The molecule has 4 fully saturated rings. The molecule has 0 spiro atoms. The molecule has 76 valence electrons. The summed E-state index contributed by atoms with van der Waals surface area (Å²) in [5.41, 5.74) is -0.315. The number of ketones is 1. The third-order valence-corrected chi connectivity index (χ3v) is 5.00. The summed E-state index contributed by atoms with van der Waals surface area (Å²) in [6.07, 6.45) is 5.34. The van der Waals surface area contributed by atoms with Gasteiger partial charge >= 0.3 is 0 Å². The van der Waals surface area contributed by atoms with Gasteiger partial charge in [0.2, 0.25) is 0 Å². The van der Waals surface area contributed by atoms with E-state index < -0.39 is 0 Å². The maximum atomic E-state index is 12.0. The minimum Gasteiger partial charge on any atom is -0.303 e. The molecule has 4 saturated carbocycles. The van der Waals surface area contributed by atoms with Crippen molar-refractivity contribution < 1.29 is 9.59 Å². The lowest BCUT2D eigenvalue weighted by Gasteiger charge is -2.56. The molecule has 4 aliphatic rings. The SMILES string of the molecule is CC1(C=O)C2CC3CC(C2)C(=O)C1C3. The smallest absolute Gasteiger partial charge is 0.140 e. The molecule has 5 atom stereocenters. The molecule has 2 heteroatoms. The zero-order chi connectivity index (χ0) is 9.92. The van der Waals surface area contributed by atoms with E-state index in [0.29, 0.717) is 17.6 Å². The molecule has 0 saturated heterocycles. The van der Waals surface area contributed by atoms with Gasteiger partial charge in [-0.05, 0) is 37.5 Å². The summed E-state index contributed by atoms with van der Waals surface area (Å²) in [4.78, 5) is 23.2. The lowest BCUT2D eigenvalue weighted by atomic mass is 9.46. The summed E-state index contributed by atoms with van der Waals surface area (Å²) in [5.74, 6) is 2.02. The van der Waals surface area contributed by atoms with Crippen LogP contribution in [-0.2, 0) is 9.59 Å². The maximum Gasteiger partial charge on any atom is 0.140 e. The second-order valence-corrected chi connectivity index (χ2v) is 5.64. The van der Waals surface area contributed by atoms with Crippen molar-refractivity contribution in [2.45, 2.75) is 32.6 Å². The van der Waals surface area contributed by atoms with Crippen molar-refractivity contribution >= 4 is 12.1 Å². The van der Waals surface area contributed by atoms with E-state index in [1.54, 1.807) is 0 Å². The molecule has 0 heterocycles. The van der Waals surface area contributed by atoms with Crippen LogP contribution in [-0.4, -0.2) is 12.1 Å². The second-order valence-electron chi connectivity index (χ2n) is 5.64. The summed E-state index contributed by atoms with van der Waals surface area (Å²) in [6, 6.07) is 0. The fourth-order valence-corrected chi connectivity index (χ4v) is 4.13. The molecule has 4 bridgehead atoms. The van der Waals surface area contributed by atoms with Crippen LogP contribution in [0.25, 0.3) is 0 Å². The van der Waals surface area contributed by atoms with Crippen LogP contribution in [0.3, 0.4) is 0 Å². The molecular weight excluding hydrogens is 176 g/mol. The third kappa shape index (κ3) is 0.825. The van der Waals surface area contributed by atoms with Crippen LogP contribution in [0.15, 0.2) is 0 Å². The molecule has 4 rings (SSSR count). The number of hydrogen-bond acceptors (Lipinski definition) is 2. The average molecular weight is 192 g/mol. The minimum atomic E-state index is -0.315. The molecule has 0 amide bonds. The zero-order valence-electron chi connectivity index (χ0n) is 8.53. The Labute approximate surface area is 84.1 Å². The van der Waals surface area contributed by atoms with Gasteiger partial charge in [0.05, 0.1) is 0 Å². The summed E-state index contributed by atoms with van der Waals surface area (Å²) in [7, 11) is 0. The van der Waals surface area contributed by atoms with Gasteiger partial charge in [-0.15, -0.1) is 0 Å². The highest BCUT2D eigenvalue weighted by atomic mass is 16.1. The Hall–Kier alpha value is -0.660. The number of rotatable bonds is 1. The summed E-state index contributed by atoms with van der Waals surface area (Å²) >= 11 is 0. The summed E-state index contributed by atoms with van der Waals surface area (Å²) < 4.78 is 0. The van der Waals surface area contributed by atoms with Crippen LogP contribution in [0.2, 0.25) is 0 Å². The van der Waals surface area contributed by atoms with Crippen LogP contribution in [0, 0.1) is 29.1 Å². The van der Waals surface area contributed by atoms with Gasteiger partial charge in [-0.1, -0.05) is 6.92 Å². The Kier molecular flexibility index (Phi) is 1.52. The molecule has 0 aromatic carbocycles. The van der Waals surface area contributed by atoms with Crippen molar-refractivity contribution in [2.24, 2.45) is 29.1 Å². The lowest BCUT2D eigenvalue weighted by molar-refractivity contribution is -0.161. The van der Waals surface area contributed by atoms with Gasteiger partial charge in [-0.3, -0.25) is 4.79 Å². The number of aldehydes is 1. The molecule has 0 N–H and O–H groups in total. The molecule has 0 radical (unpaired) electrons. The fraction of sp³-hybridized carbons (Fsp3) is 0.833. The minimum absolute atomic E-state index is 0.0660. The van der Waals surface area contributed by atoms with Gasteiger partial charge in [0, 0.05) is 17.3 Å². The first-order valence-electron chi connectivity index (χ1n) is 5.65. The van der Waals surface area contributed by atoms with Gasteiger partial charge in [-0.25, -0.2) is 0 Å². The maximum absolute atomic E-state index is 12.0. The molecule has 0 aromatic rings. The Morgan fingerprint density at radius 1 is 1.29 bits per heavy atom. The Balaban J connectivity index is 2.05. The first-order chi connectivity index (χ1) is 6.65. The molecule has 5 unspecified atom stereocenters. The van der Waals surface area contributed by atoms with Gasteiger partial charge < -0.3 is 4.79 Å². The lowest BCUT2D eigenvalue weighted by Crippen LogP contribution is -2.57. The zero-order valence-corrected chi connectivity index (χ0v) is 8.53. The predicted octanol–water partition coefficient (Wildman–Crippen LogP) is 1.83. The number of carbonyl (C=O) groups excluding carboxylic acids is 2. The van der Waals surface area contributed by atoms with Crippen molar-refractivity contribution in [2.75, 3.05) is 0 Å². The quantitative estimate of drug-likeness (QED) is 0.594. The summed E-state index contributed by atoms with van der Waals surface area (Å²) in [5, 5.41) is 0. The van der Waals surface area contributed by atoms with E-state index >= 15 is 0 Å². The van der Waals surface area contributed by atoms with Gasteiger partial charge in [-0.2, -0.15) is 0 Å². The van der Waals surface area contributed by atoms with Gasteiger partial charge in [0.15, 0.2) is 0 Å². The van der Waals surface area contributed by atoms with Crippen molar-refractivity contribution in [1.82, 2.24) is 0 Å². The average Bonchev–Trinajstić information content (AvgIpc) is 2.20. The van der Waals surface area contributed by atoms with Crippen molar-refractivity contribution in [3.8, 4) is 0 Å². The molecule has 2 nitrogen and oxygen atoms in total. The Bertz CT molecular complexity index is 309. The first kappa shape index (κ1) is 8.63. The van der Waals surface area contributed by atoms with Crippen molar-refractivity contribution in [1.29, 1.82) is 0 Å². The first-order valence-corrected chi connectivity index (χ1v) is 5.65. The monoisotopic (exact) mass is 192 g/mol. The van der Waals surface area contributed by atoms with Crippen LogP contribution in [0.5, 0.6) is 0 Å². The number of Topliss-reactive ketones (excluding diaryl/α,β-unsaturated/α-hetero) is 1. The van der Waals surface area contributed by atoms with E-state index in [2.05, 4.69) is 0 Å². The van der Waals surface area contributed by atoms with E-state index in [9.17, 15) is 9.59 Å². The van der Waals surface area contributed by atoms with Crippen LogP contribution < -0.4 is 0 Å². The largest absolute Gasteiger partial charge is 0.303 e. The van der Waals surface area contributed by atoms with E-state index in [1.165, 1.54) is 6.42 Å². The van der Waals surface area contributed by atoms with Gasteiger partial charge in [0.1, 0.15) is 12.1 Å². The topological polar surface area (TPSA) is 34.1 Å². The fourth-order valence-electron chi connectivity index (χ4n) is 4.13. The van der Waals surface area contributed by atoms with E-state index in [0.717, 1.165) is 31.5 Å². The molecule has 14 heavy (non-hydrogen) atoms. The van der Waals surface area contributed by atoms with Crippen LogP contribution >= 0.6 is 0 Å². The van der Waals surface area contributed by atoms with E-state index in [-0.39, 0.29) is 11.3 Å². The second kappa shape index (κ2) is 2.47. The van der Waals surface area contributed by atoms with E-state index in [4.69, 9.17) is 0 Å². The standard InChI is InChI=1S/C12H16O2/c1-12(6-13)9-3-7-2-8(5-9)11(14)10(12)4-7/h6-10H,2-5H2,1H3. The number of hydrogen-bond donors (Lipinski definition) is 0. The predicted molar refractivity (Wildman–Crippen MR) is 51.6 cm³/mol. The van der Waals surface area contributed by atoms with E-state index in [1.807, 2.05) is 6.92 Å². The molecule has 0 aromatic heterocycles.